The number of unbranched alkanes of at least 4 members (excludes halogenated alkanes) is 1. The second-order valence-corrected chi connectivity index (χ2v) is 4.48. The number of hydrogen-bond donors (Lipinski definition) is 1. The molecule has 4 nitrogen and oxygen atoms in total. The lowest BCUT2D eigenvalue weighted by atomic mass is 10.1. The third-order valence-electron chi connectivity index (χ3n) is 1.95. The fraction of sp³-hybridized carbons (Fsp3) is 0.400. The highest BCUT2D eigenvalue weighted by atomic mass is 32.2. The highest BCUT2D eigenvalue weighted by Gasteiger charge is 2.00. The van der Waals surface area contributed by atoms with Gasteiger partial charge in [0.25, 0.3) is 0 Å². The van der Waals surface area contributed by atoms with Crippen LogP contribution in [0.4, 0.5) is 0 Å². The Morgan fingerprint density at radius 1 is 1.13 bits per heavy atom. The van der Waals surface area contributed by atoms with E-state index in [-0.39, 0.29) is 6.61 Å². The Balaban J connectivity index is 2.13. The largest absolute Gasteiger partial charge is 0.333 e. The Kier molecular flexibility index (Phi) is 4.74. The van der Waals surface area contributed by atoms with Crippen molar-refractivity contribution in [3.8, 4) is 0 Å². The minimum atomic E-state index is -3.77. The van der Waals surface area contributed by atoms with E-state index in [1.807, 2.05) is 30.3 Å². The van der Waals surface area contributed by atoms with Crippen LogP contribution < -0.4 is 5.14 Å². The Bertz CT molecular complexity index is 375. The van der Waals surface area contributed by atoms with Gasteiger partial charge in [-0.25, -0.2) is 5.14 Å². The maximum Gasteiger partial charge on any atom is 0.333 e. The zero-order chi connectivity index (χ0) is 11.1. The maximum absolute atomic E-state index is 10.4. The van der Waals surface area contributed by atoms with E-state index in [1.54, 1.807) is 0 Å². The van der Waals surface area contributed by atoms with Gasteiger partial charge in [-0.05, 0) is 24.8 Å². The Hall–Kier alpha value is -0.910. The van der Waals surface area contributed by atoms with Crippen LogP contribution in [-0.2, 0) is 20.9 Å². The van der Waals surface area contributed by atoms with E-state index in [4.69, 9.17) is 0 Å². The summed E-state index contributed by atoms with van der Waals surface area (Å²) in [6.45, 7) is 0.158. The van der Waals surface area contributed by atoms with Crippen LogP contribution in [0.3, 0.4) is 0 Å². The summed E-state index contributed by atoms with van der Waals surface area (Å²) in [7, 11) is -3.77. The van der Waals surface area contributed by atoms with Crippen LogP contribution in [0.2, 0.25) is 0 Å². The molecular formula is C10H15NO3S. The average molecular weight is 229 g/mol. The molecule has 0 aromatic heterocycles. The van der Waals surface area contributed by atoms with Gasteiger partial charge in [-0.15, -0.1) is 0 Å². The van der Waals surface area contributed by atoms with Crippen molar-refractivity contribution in [1.29, 1.82) is 0 Å². The van der Waals surface area contributed by atoms with Gasteiger partial charge in [0, 0.05) is 0 Å². The molecule has 0 fully saturated rings. The SMILES string of the molecule is NS(=O)(=O)OCCCCc1ccccc1. The molecule has 0 spiro atoms. The fourth-order valence-corrected chi connectivity index (χ4v) is 1.60. The normalized spacial score (nSPS) is 11.5. The van der Waals surface area contributed by atoms with Gasteiger partial charge in [-0.2, -0.15) is 8.42 Å². The monoisotopic (exact) mass is 229 g/mol. The van der Waals surface area contributed by atoms with Crippen LogP contribution in [0.15, 0.2) is 30.3 Å². The maximum atomic E-state index is 10.4. The highest BCUT2D eigenvalue weighted by molar-refractivity contribution is 7.84. The lowest BCUT2D eigenvalue weighted by molar-refractivity contribution is 0.309. The standard InChI is InChI=1S/C10H15NO3S/c11-15(12,13)14-9-5-4-8-10-6-2-1-3-7-10/h1-3,6-7H,4-5,8-9H2,(H2,11,12,13). The van der Waals surface area contributed by atoms with Crippen LogP contribution in [0, 0.1) is 0 Å². The zero-order valence-electron chi connectivity index (χ0n) is 8.43. The van der Waals surface area contributed by atoms with E-state index >= 15 is 0 Å². The summed E-state index contributed by atoms with van der Waals surface area (Å²) in [6, 6.07) is 10.0. The molecule has 1 aromatic carbocycles. The molecule has 0 unspecified atom stereocenters. The molecule has 0 aliphatic rings. The molecule has 84 valence electrons. The number of benzene rings is 1. The first-order chi connectivity index (χ1) is 7.08. The summed E-state index contributed by atoms with van der Waals surface area (Å²) < 4.78 is 25.3. The number of nitrogens with two attached hydrogens (primary N) is 1. The number of aryl methyl sites for hydroxylation is 1. The Morgan fingerprint density at radius 2 is 1.80 bits per heavy atom. The zero-order valence-corrected chi connectivity index (χ0v) is 9.24. The quantitative estimate of drug-likeness (QED) is 0.746. The molecule has 1 rings (SSSR count). The molecule has 5 heteroatoms. The summed E-state index contributed by atoms with van der Waals surface area (Å²) in [5.74, 6) is 0. The molecule has 0 heterocycles. The van der Waals surface area contributed by atoms with Crippen molar-refractivity contribution in [2.75, 3.05) is 6.61 Å². The van der Waals surface area contributed by atoms with E-state index in [1.165, 1.54) is 5.56 Å². The number of rotatable bonds is 6. The lowest BCUT2D eigenvalue weighted by Gasteiger charge is -2.01. The molecule has 0 bridgehead atoms. The molecule has 0 aliphatic heterocycles. The average Bonchev–Trinajstić information content (AvgIpc) is 2.17. The molecule has 1 aromatic rings. The second-order valence-electron chi connectivity index (χ2n) is 3.26. The van der Waals surface area contributed by atoms with Crippen LogP contribution in [0.1, 0.15) is 18.4 Å². The molecule has 2 N–H and O–H groups in total. The van der Waals surface area contributed by atoms with Gasteiger partial charge in [0.1, 0.15) is 0 Å². The summed E-state index contributed by atoms with van der Waals surface area (Å²) in [6.07, 6.45) is 2.50. The van der Waals surface area contributed by atoms with Gasteiger partial charge in [-0.3, -0.25) is 4.18 Å². The second kappa shape index (κ2) is 5.85. The molecule has 15 heavy (non-hydrogen) atoms. The van der Waals surface area contributed by atoms with E-state index in [0.717, 1.165) is 12.8 Å². The minimum absolute atomic E-state index is 0.158. The van der Waals surface area contributed by atoms with Crippen LogP contribution in [0.25, 0.3) is 0 Å². The van der Waals surface area contributed by atoms with E-state index in [0.29, 0.717) is 6.42 Å². The first-order valence-electron chi connectivity index (χ1n) is 4.79. The third-order valence-corrected chi connectivity index (χ3v) is 2.45. The summed E-state index contributed by atoms with van der Waals surface area (Å²) in [4.78, 5) is 0. The van der Waals surface area contributed by atoms with Crippen molar-refractivity contribution in [3.05, 3.63) is 35.9 Å². The van der Waals surface area contributed by atoms with Gasteiger partial charge in [-0.1, -0.05) is 30.3 Å². The van der Waals surface area contributed by atoms with Crippen LogP contribution in [-0.4, -0.2) is 15.0 Å². The van der Waals surface area contributed by atoms with Gasteiger partial charge < -0.3 is 0 Å². The summed E-state index contributed by atoms with van der Waals surface area (Å²) in [5, 5.41) is 4.68. The van der Waals surface area contributed by atoms with Gasteiger partial charge >= 0.3 is 10.3 Å². The fourth-order valence-electron chi connectivity index (χ4n) is 1.25. The molecular weight excluding hydrogens is 214 g/mol. The first kappa shape index (κ1) is 12.2. The molecule has 0 atom stereocenters. The molecule has 0 amide bonds. The van der Waals surface area contributed by atoms with Crippen LogP contribution >= 0.6 is 0 Å². The van der Waals surface area contributed by atoms with Crippen molar-refractivity contribution < 1.29 is 12.6 Å². The molecule has 0 saturated carbocycles. The van der Waals surface area contributed by atoms with Gasteiger partial charge in [0.15, 0.2) is 0 Å². The Morgan fingerprint density at radius 3 is 2.40 bits per heavy atom. The molecule has 0 radical (unpaired) electrons. The lowest BCUT2D eigenvalue weighted by Crippen LogP contribution is -2.16. The highest BCUT2D eigenvalue weighted by Crippen LogP contribution is 2.04. The first-order valence-corrected chi connectivity index (χ1v) is 6.26. The van der Waals surface area contributed by atoms with Crippen molar-refractivity contribution in [2.45, 2.75) is 19.3 Å². The van der Waals surface area contributed by atoms with Gasteiger partial charge in [0.05, 0.1) is 6.61 Å². The smallest absolute Gasteiger partial charge is 0.258 e. The van der Waals surface area contributed by atoms with E-state index < -0.39 is 10.3 Å². The summed E-state index contributed by atoms with van der Waals surface area (Å²) in [5.41, 5.74) is 1.24. The number of hydrogen-bond acceptors (Lipinski definition) is 3. The van der Waals surface area contributed by atoms with E-state index in [9.17, 15) is 8.42 Å². The predicted molar refractivity (Wildman–Crippen MR) is 58.4 cm³/mol. The van der Waals surface area contributed by atoms with Crippen LogP contribution in [0.5, 0.6) is 0 Å². The predicted octanol–water partition coefficient (Wildman–Crippen LogP) is 1.23. The van der Waals surface area contributed by atoms with Gasteiger partial charge in [0.2, 0.25) is 0 Å². The molecule has 0 aliphatic carbocycles. The topological polar surface area (TPSA) is 69.4 Å². The van der Waals surface area contributed by atoms with Crippen molar-refractivity contribution in [2.24, 2.45) is 5.14 Å². The van der Waals surface area contributed by atoms with Crippen molar-refractivity contribution >= 4 is 10.3 Å². The minimum Gasteiger partial charge on any atom is -0.258 e. The summed E-state index contributed by atoms with van der Waals surface area (Å²) >= 11 is 0. The molecule has 0 saturated heterocycles. The van der Waals surface area contributed by atoms with Crippen molar-refractivity contribution in [3.63, 3.8) is 0 Å². The van der Waals surface area contributed by atoms with Crippen molar-refractivity contribution in [1.82, 2.24) is 0 Å². The Labute approximate surface area is 90.3 Å². The van der Waals surface area contributed by atoms with E-state index in [2.05, 4.69) is 9.32 Å². The third kappa shape index (κ3) is 6.22.